The number of methoxy groups -OCH3 is 1. The zero-order valence-corrected chi connectivity index (χ0v) is 12.4. The molecular weight excluding hydrogens is 309 g/mol. The highest BCUT2D eigenvalue weighted by molar-refractivity contribution is 9.10. The number of aryl methyl sites for hydroxylation is 1. The first kappa shape index (κ1) is 14.0. The molecule has 4 heteroatoms. The average Bonchev–Trinajstić information content (AvgIpc) is 2.40. The first-order valence-corrected chi connectivity index (χ1v) is 6.67. The van der Waals surface area contributed by atoms with E-state index < -0.39 is 6.04 Å². The van der Waals surface area contributed by atoms with Gasteiger partial charge in [-0.15, -0.1) is 0 Å². The van der Waals surface area contributed by atoms with Gasteiger partial charge in [0.05, 0.1) is 13.2 Å². The zero-order valence-electron chi connectivity index (χ0n) is 10.8. The predicted molar refractivity (Wildman–Crippen MR) is 77.9 cm³/mol. The summed E-state index contributed by atoms with van der Waals surface area (Å²) < 4.78 is 19.8. The predicted octanol–water partition coefficient (Wildman–Crippen LogP) is 3.95. The Morgan fingerprint density at radius 2 is 1.89 bits per heavy atom. The number of rotatable bonds is 3. The Morgan fingerprint density at radius 3 is 2.53 bits per heavy atom. The van der Waals surface area contributed by atoms with Crippen molar-refractivity contribution in [3.8, 4) is 5.75 Å². The van der Waals surface area contributed by atoms with E-state index >= 15 is 0 Å². The number of hydrogen-bond donors (Lipinski definition) is 1. The summed E-state index contributed by atoms with van der Waals surface area (Å²) in [5.74, 6) is 0.467. The van der Waals surface area contributed by atoms with E-state index in [0.29, 0.717) is 5.56 Å². The average molecular weight is 324 g/mol. The molecule has 2 aromatic carbocycles. The van der Waals surface area contributed by atoms with Crippen molar-refractivity contribution in [2.75, 3.05) is 7.11 Å². The Bertz CT molecular complexity index is 601. The topological polar surface area (TPSA) is 35.2 Å². The van der Waals surface area contributed by atoms with E-state index in [1.807, 2.05) is 25.1 Å². The fourth-order valence-corrected chi connectivity index (χ4v) is 2.42. The van der Waals surface area contributed by atoms with Crippen LogP contribution in [0.1, 0.15) is 22.7 Å². The summed E-state index contributed by atoms with van der Waals surface area (Å²) in [6.07, 6.45) is 0. The highest BCUT2D eigenvalue weighted by atomic mass is 79.9. The van der Waals surface area contributed by atoms with Crippen molar-refractivity contribution in [3.05, 3.63) is 63.4 Å². The van der Waals surface area contributed by atoms with Crippen molar-refractivity contribution in [2.24, 2.45) is 5.73 Å². The lowest BCUT2D eigenvalue weighted by Gasteiger charge is -2.17. The SMILES string of the molecule is COc1ccc(C(N)c2cc(Br)ccc2F)c(C)c1. The van der Waals surface area contributed by atoms with Gasteiger partial charge in [0, 0.05) is 10.0 Å². The Balaban J connectivity index is 2.43. The lowest BCUT2D eigenvalue weighted by Crippen LogP contribution is -2.15. The molecule has 1 atom stereocenters. The van der Waals surface area contributed by atoms with Crippen LogP contribution in [-0.2, 0) is 0 Å². The fraction of sp³-hybridized carbons (Fsp3) is 0.200. The van der Waals surface area contributed by atoms with Crippen molar-refractivity contribution in [1.29, 1.82) is 0 Å². The van der Waals surface area contributed by atoms with Crippen LogP contribution in [0.15, 0.2) is 40.9 Å². The number of ether oxygens (including phenoxy) is 1. The van der Waals surface area contributed by atoms with Crippen molar-refractivity contribution in [1.82, 2.24) is 0 Å². The maximum absolute atomic E-state index is 13.9. The van der Waals surface area contributed by atoms with Crippen molar-refractivity contribution in [2.45, 2.75) is 13.0 Å². The second kappa shape index (κ2) is 5.72. The van der Waals surface area contributed by atoms with Gasteiger partial charge in [-0.05, 0) is 48.4 Å². The van der Waals surface area contributed by atoms with Crippen molar-refractivity contribution < 1.29 is 9.13 Å². The largest absolute Gasteiger partial charge is 0.497 e. The molecule has 0 amide bonds. The molecule has 0 saturated carbocycles. The molecule has 2 N–H and O–H groups in total. The van der Waals surface area contributed by atoms with Crippen LogP contribution < -0.4 is 10.5 Å². The molecule has 2 nitrogen and oxygen atoms in total. The lowest BCUT2D eigenvalue weighted by atomic mass is 9.95. The van der Waals surface area contributed by atoms with E-state index in [0.717, 1.165) is 21.3 Å². The smallest absolute Gasteiger partial charge is 0.128 e. The Hall–Kier alpha value is -1.39. The molecule has 100 valence electrons. The molecule has 2 rings (SSSR count). The third-order valence-electron chi connectivity index (χ3n) is 3.11. The first-order chi connectivity index (χ1) is 9.02. The summed E-state index contributed by atoms with van der Waals surface area (Å²) in [6, 6.07) is 9.89. The summed E-state index contributed by atoms with van der Waals surface area (Å²) in [4.78, 5) is 0. The van der Waals surface area contributed by atoms with E-state index in [1.165, 1.54) is 6.07 Å². The second-order valence-corrected chi connectivity index (χ2v) is 5.28. The van der Waals surface area contributed by atoms with E-state index in [2.05, 4.69) is 15.9 Å². The van der Waals surface area contributed by atoms with Crippen LogP contribution in [0.3, 0.4) is 0 Å². The van der Waals surface area contributed by atoms with Gasteiger partial charge < -0.3 is 10.5 Å². The molecular formula is C15H15BrFNO. The fourth-order valence-electron chi connectivity index (χ4n) is 2.04. The summed E-state index contributed by atoms with van der Waals surface area (Å²) in [6.45, 7) is 1.94. The minimum atomic E-state index is -0.497. The van der Waals surface area contributed by atoms with E-state index in [9.17, 15) is 4.39 Å². The lowest BCUT2D eigenvalue weighted by molar-refractivity contribution is 0.414. The summed E-state index contributed by atoms with van der Waals surface area (Å²) >= 11 is 3.34. The van der Waals surface area contributed by atoms with E-state index in [4.69, 9.17) is 10.5 Å². The number of hydrogen-bond acceptors (Lipinski definition) is 2. The van der Waals surface area contributed by atoms with Gasteiger partial charge in [-0.1, -0.05) is 22.0 Å². The van der Waals surface area contributed by atoms with Crippen LogP contribution in [0.4, 0.5) is 4.39 Å². The zero-order chi connectivity index (χ0) is 14.0. The molecule has 0 fully saturated rings. The second-order valence-electron chi connectivity index (χ2n) is 4.37. The van der Waals surface area contributed by atoms with Gasteiger partial charge in [0.25, 0.3) is 0 Å². The number of halogens is 2. The van der Waals surface area contributed by atoms with Crippen LogP contribution in [0.5, 0.6) is 5.75 Å². The van der Waals surface area contributed by atoms with E-state index in [-0.39, 0.29) is 5.82 Å². The van der Waals surface area contributed by atoms with Gasteiger partial charge in [0.1, 0.15) is 11.6 Å². The molecule has 0 aliphatic rings. The minimum absolute atomic E-state index is 0.300. The molecule has 0 spiro atoms. The molecule has 0 heterocycles. The van der Waals surface area contributed by atoms with Gasteiger partial charge in [-0.25, -0.2) is 4.39 Å². The summed E-state index contributed by atoms with van der Waals surface area (Å²) in [7, 11) is 1.61. The highest BCUT2D eigenvalue weighted by Crippen LogP contribution is 2.28. The Labute approximate surface area is 120 Å². The standard InChI is InChI=1S/C15H15BrFNO/c1-9-7-11(19-2)4-5-12(9)15(18)13-8-10(16)3-6-14(13)17/h3-8,15H,18H2,1-2H3. The molecule has 0 aliphatic heterocycles. The summed E-state index contributed by atoms with van der Waals surface area (Å²) in [5, 5.41) is 0. The quantitative estimate of drug-likeness (QED) is 0.928. The van der Waals surface area contributed by atoms with Crippen LogP contribution in [0.2, 0.25) is 0 Å². The molecule has 1 unspecified atom stereocenters. The number of nitrogens with two attached hydrogens (primary N) is 1. The third kappa shape index (κ3) is 2.96. The molecule has 0 bridgehead atoms. The molecule has 0 aromatic heterocycles. The first-order valence-electron chi connectivity index (χ1n) is 5.88. The van der Waals surface area contributed by atoms with Crippen LogP contribution in [-0.4, -0.2) is 7.11 Å². The van der Waals surface area contributed by atoms with Gasteiger partial charge in [-0.2, -0.15) is 0 Å². The van der Waals surface area contributed by atoms with Gasteiger partial charge in [0.15, 0.2) is 0 Å². The normalized spacial score (nSPS) is 12.3. The van der Waals surface area contributed by atoms with Gasteiger partial charge >= 0.3 is 0 Å². The van der Waals surface area contributed by atoms with Crippen LogP contribution in [0.25, 0.3) is 0 Å². The Kier molecular flexibility index (Phi) is 4.22. The molecule has 2 aromatic rings. The molecule has 0 saturated heterocycles. The van der Waals surface area contributed by atoms with Crippen LogP contribution >= 0.6 is 15.9 Å². The molecule has 0 radical (unpaired) electrons. The highest BCUT2D eigenvalue weighted by Gasteiger charge is 2.16. The number of benzene rings is 2. The molecule has 0 aliphatic carbocycles. The van der Waals surface area contributed by atoms with Crippen molar-refractivity contribution >= 4 is 15.9 Å². The van der Waals surface area contributed by atoms with Crippen LogP contribution in [0, 0.1) is 12.7 Å². The molecule has 19 heavy (non-hydrogen) atoms. The van der Waals surface area contributed by atoms with Gasteiger partial charge in [0.2, 0.25) is 0 Å². The monoisotopic (exact) mass is 323 g/mol. The third-order valence-corrected chi connectivity index (χ3v) is 3.60. The van der Waals surface area contributed by atoms with Crippen molar-refractivity contribution in [3.63, 3.8) is 0 Å². The maximum Gasteiger partial charge on any atom is 0.128 e. The van der Waals surface area contributed by atoms with E-state index in [1.54, 1.807) is 19.2 Å². The maximum atomic E-state index is 13.9. The minimum Gasteiger partial charge on any atom is -0.497 e. The summed E-state index contributed by atoms with van der Waals surface area (Å²) in [5.41, 5.74) is 8.52. The Morgan fingerprint density at radius 1 is 1.16 bits per heavy atom. The van der Waals surface area contributed by atoms with Gasteiger partial charge in [-0.3, -0.25) is 0 Å².